The second kappa shape index (κ2) is 24.7. The van der Waals surface area contributed by atoms with Crippen LogP contribution in [0.15, 0.2) is 0 Å². The third-order valence-electron chi connectivity index (χ3n) is 5.78. The molecule has 0 unspecified atom stereocenters. The van der Waals surface area contributed by atoms with Crippen molar-refractivity contribution >= 4 is 12.2 Å². The Bertz CT molecular complexity index is 469. The number of ether oxygens (including phenoxy) is 1. The molecule has 0 bridgehead atoms. The average molecular weight is 487 g/mol. The molecule has 0 aliphatic heterocycles. The number of carbonyl (C=O) groups excluding carboxylic acids is 1. The average Bonchev–Trinajstić information content (AvgIpc) is 2.77. The quantitative estimate of drug-likeness (QED) is 0.186. The van der Waals surface area contributed by atoms with Crippen LogP contribution in [0.1, 0.15) is 126 Å². The molecule has 0 spiro atoms. The van der Waals surface area contributed by atoms with Gasteiger partial charge in [-0.1, -0.05) is 92.9 Å². The van der Waals surface area contributed by atoms with Gasteiger partial charge in [0.15, 0.2) is 0 Å². The lowest BCUT2D eigenvalue weighted by Gasteiger charge is -2.21. The van der Waals surface area contributed by atoms with Crippen LogP contribution in [-0.4, -0.2) is 59.9 Å². The summed E-state index contributed by atoms with van der Waals surface area (Å²) in [5, 5.41) is 8.97. The van der Waals surface area contributed by atoms with E-state index in [4.69, 9.17) is 9.84 Å². The molecular formula is C28H58N2O4. The summed E-state index contributed by atoms with van der Waals surface area (Å²) in [4.78, 5) is 26.0. The van der Waals surface area contributed by atoms with E-state index in [9.17, 15) is 9.59 Å². The molecule has 0 saturated carbocycles. The first-order chi connectivity index (χ1) is 16.2. The van der Waals surface area contributed by atoms with E-state index in [2.05, 4.69) is 41.5 Å². The van der Waals surface area contributed by atoms with Crippen molar-refractivity contribution in [2.24, 2.45) is 11.8 Å². The van der Waals surface area contributed by atoms with Crippen LogP contribution in [0.25, 0.3) is 0 Å². The first-order valence-electron chi connectivity index (χ1n) is 14.1. The van der Waals surface area contributed by atoms with Crippen LogP contribution in [0.4, 0.5) is 9.59 Å². The molecular weight excluding hydrogens is 428 g/mol. The van der Waals surface area contributed by atoms with Crippen molar-refractivity contribution in [2.75, 3.05) is 32.8 Å². The lowest BCUT2D eigenvalue weighted by Crippen LogP contribution is -2.33. The maximum atomic E-state index is 11.7. The molecule has 0 aliphatic rings. The number of carboxylic acid groups (broad SMARTS) is 1. The van der Waals surface area contributed by atoms with E-state index in [-0.39, 0.29) is 6.09 Å². The maximum absolute atomic E-state index is 11.7. The van der Waals surface area contributed by atoms with Gasteiger partial charge in [0.05, 0.1) is 6.61 Å². The molecule has 0 aliphatic carbocycles. The molecule has 6 nitrogen and oxygen atoms in total. The standard InChI is InChI=1S/C15H31NO2.C13H27NO2/c1-5-7-12-16(15(17)18-6-2)13-10-8-9-11-14(3)4;1-4-5-10-14(13(15)16)11-8-6-7-9-12(2)3/h14H,5-13H2,1-4H3;12H,4-11H2,1-3H3,(H,15,16). The molecule has 0 heterocycles. The fraction of sp³-hybridized carbons (Fsp3) is 0.929. The SMILES string of the molecule is CCCCN(CCCCCC(C)C)C(=O)O.CCCCN(CCCCCC(C)C)C(=O)OCC. The Hall–Kier alpha value is -1.46. The zero-order valence-corrected chi connectivity index (χ0v) is 23.7. The summed E-state index contributed by atoms with van der Waals surface area (Å²) >= 11 is 0. The topological polar surface area (TPSA) is 70.1 Å². The molecule has 6 heteroatoms. The van der Waals surface area contributed by atoms with Gasteiger partial charge in [0, 0.05) is 26.2 Å². The monoisotopic (exact) mass is 486 g/mol. The van der Waals surface area contributed by atoms with Gasteiger partial charge in [-0.25, -0.2) is 9.59 Å². The van der Waals surface area contributed by atoms with Gasteiger partial charge in [-0.05, 0) is 44.4 Å². The van der Waals surface area contributed by atoms with Crippen LogP contribution in [0.5, 0.6) is 0 Å². The largest absolute Gasteiger partial charge is 0.465 e. The first-order valence-corrected chi connectivity index (χ1v) is 14.1. The molecule has 34 heavy (non-hydrogen) atoms. The lowest BCUT2D eigenvalue weighted by molar-refractivity contribution is 0.106. The fourth-order valence-corrected chi connectivity index (χ4v) is 3.57. The molecule has 0 fully saturated rings. The maximum Gasteiger partial charge on any atom is 0.409 e. The van der Waals surface area contributed by atoms with E-state index in [0.717, 1.165) is 69.9 Å². The van der Waals surface area contributed by atoms with E-state index < -0.39 is 6.09 Å². The molecule has 0 atom stereocenters. The van der Waals surface area contributed by atoms with Crippen LogP contribution >= 0.6 is 0 Å². The molecule has 204 valence electrons. The van der Waals surface area contributed by atoms with Crippen molar-refractivity contribution in [3.05, 3.63) is 0 Å². The summed E-state index contributed by atoms with van der Waals surface area (Å²) in [6.45, 7) is 18.6. The number of amides is 2. The zero-order chi connectivity index (χ0) is 26.2. The Morgan fingerprint density at radius 2 is 1.06 bits per heavy atom. The lowest BCUT2D eigenvalue weighted by atomic mass is 10.1. The van der Waals surface area contributed by atoms with E-state index in [1.807, 2.05) is 11.8 Å². The van der Waals surface area contributed by atoms with Crippen molar-refractivity contribution < 1.29 is 19.4 Å². The molecule has 0 aromatic heterocycles. The van der Waals surface area contributed by atoms with Gasteiger partial charge in [0.2, 0.25) is 0 Å². The normalized spacial score (nSPS) is 10.7. The predicted molar refractivity (Wildman–Crippen MR) is 145 cm³/mol. The van der Waals surface area contributed by atoms with Gasteiger partial charge in [0.1, 0.15) is 0 Å². The van der Waals surface area contributed by atoms with Crippen LogP contribution in [0.3, 0.4) is 0 Å². The van der Waals surface area contributed by atoms with Gasteiger partial charge in [0.25, 0.3) is 0 Å². The van der Waals surface area contributed by atoms with E-state index in [1.54, 1.807) is 4.90 Å². The van der Waals surface area contributed by atoms with Crippen LogP contribution in [0.2, 0.25) is 0 Å². The van der Waals surface area contributed by atoms with Crippen molar-refractivity contribution in [2.45, 2.75) is 126 Å². The summed E-state index contributed by atoms with van der Waals surface area (Å²) in [5.41, 5.74) is 0. The van der Waals surface area contributed by atoms with Gasteiger partial charge < -0.3 is 19.6 Å². The molecule has 2 amide bonds. The highest BCUT2D eigenvalue weighted by Crippen LogP contribution is 2.10. The van der Waals surface area contributed by atoms with E-state index in [0.29, 0.717) is 19.7 Å². The Kier molecular flexibility index (Phi) is 25.2. The van der Waals surface area contributed by atoms with Crippen LogP contribution in [-0.2, 0) is 4.74 Å². The minimum atomic E-state index is -0.766. The van der Waals surface area contributed by atoms with E-state index >= 15 is 0 Å². The van der Waals surface area contributed by atoms with Crippen LogP contribution in [0, 0.1) is 11.8 Å². The van der Waals surface area contributed by atoms with Crippen molar-refractivity contribution in [1.29, 1.82) is 0 Å². The van der Waals surface area contributed by atoms with Gasteiger partial charge in [-0.3, -0.25) is 0 Å². The molecule has 0 aromatic carbocycles. The van der Waals surface area contributed by atoms with Gasteiger partial charge in [-0.2, -0.15) is 0 Å². The number of hydrogen-bond acceptors (Lipinski definition) is 3. The summed E-state index contributed by atoms with van der Waals surface area (Å²) in [6.07, 6.45) is 12.8. The molecule has 1 N–H and O–H groups in total. The smallest absolute Gasteiger partial charge is 0.409 e. The van der Waals surface area contributed by atoms with Gasteiger partial charge >= 0.3 is 12.2 Å². The highest BCUT2D eigenvalue weighted by Gasteiger charge is 2.13. The number of nitrogens with zero attached hydrogens (tertiary/aromatic N) is 2. The highest BCUT2D eigenvalue weighted by atomic mass is 16.6. The zero-order valence-electron chi connectivity index (χ0n) is 23.7. The van der Waals surface area contributed by atoms with E-state index in [1.165, 1.54) is 32.1 Å². The fourth-order valence-electron chi connectivity index (χ4n) is 3.57. The molecule has 0 rings (SSSR count). The summed E-state index contributed by atoms with van der Waals surface area (Å²) in [5.74, 6) is 1.54. The summed E-state index contributed by atoms with van der Waals surface area (Å²) in [7, 11) is 0. The first kappa shape index (κ1) is 34.7. The van der Waals surface area contributed by atoms with Crippen molar-refractivity contribution in [3.63, 3.8) is 0 Å². The number of unbranched alkanes of at least 4 members (excludes halogenated alkanes) is 6. The highest BCUT2D eigenvalue weighted by molar-refractivity contribution is 5.67. The third-order valence-corrected chi connectivity index (χ3v) is 5.78. The second-order valence-electron chi connectivity index (χ2n) is 10.1. The number of hydrogen-bond donors (Lipinski definition) is 1. The second-order valence-corrected chi connectivity index (χ2v) is 10.1. The Morgan fingerprint density at radius 3 is 1.44 bits per heavy atom. The molecule has 0 radical (unpaired) electrons. The Balaban J connectivity index is 0. The summed E-state index contributed by atoms with van der Waals surface area (Å²) < 4.78 is 5.08. The molecule has 0 saturated heterocycles. The van der Waals surface area contributed by atoms with Crippen molar-refractivity contribution in [3.8, 4) is 0 Å². The van der Waals surface area contributed by atoms with Gasteiger partial charge in [-0.15, -0.1) is 0 Å². The Labute approximate surface area is 211 Å². The molecule has 0 aromatic rings. The third kappa shape index (κ3) is 23.7. The number of carbonyl (C=O) groups is 2. The minimum absolute atomic E-state index is 0.144. The van der Waals surface area contributed by atoms with Crippen molar-refractivity contribution in [1.82, 2.24) is 9.80 Å². The minimum Gasteiger partial charge on any atom is -0.465 e. The summed E-state index contributed by atoms with van der Waals surface area (Å²) in [6, 6.07) is 0. The predicted octanol–water partition coefficient (Wildman–Crippen LogP) is 8.44. The Morgan fingerprint density at radius 1 is 0.647 bits per heavy atom. The number of rotatable bonds is 19. The van der Waals surface area contributed by atoms with Crippen LogP contribution < -0.4 is 0 Å².